The fraction of sp³-hybridized carbons (Fsp3) is 0.429. The van der Waals surface area contributed by atoms with Crippen LogP contribution in [0.1, 0.15) is 34.5 Å². The summed E-state index contributed by atoms with van der Waals surface area (Å²) in [5.41, 5.74) is 0.280. The van der Waals surface area contributed by atoms with Crippen molar-refractivity contribution in [3.63, 3.8) is 0 Å². The Balaban J connectivity index is 1.57. The zero-order chi connectivity index (χ0) is 22.4. The summed E-state index contributed by atoms with van der Waals surface area (Å²) in [5, 5.41) is 0. The monoisotopic (exact) mass is 467 g/mol. The summed E-state index contributed by atoms with van der Waals surface area (Å²) in [7, 11) is -0.591. The minimum atomic E-state index is -3.53. The molecule has 0 aliphatic carbocycles. The molecule has 0 N–H and O–H groups in total. The number of sulfonamides is 1. The molecule has 1 aliphatic rings. The van der Waals surface area contributed by atoms with Crippen molar-refractivity contribution in [3.8, 4) is 11.5 Å². The summed E-state index contributed by atoms with van der Waals surface area (Å²) in [5.74, 6) is -0.151. The van der Waals surface area contributed by atoms with Crippen molar-refractivity contribution in [2.75, 3.05) is 33.9 Å². The molecule has 1 aromatic carbocycles. The number of piperidine rings is 1. The first-order valence-electron chi connectivity index (χ1n) is 9.85. The molecule has 2 heterocycles. The molecule has 1 fully saturated rings. The molecule has 1 aliphatic heterocycles. The largest absolute Gasteiger partial charge is 0.497 e. The fourth-order valence-corrected chi connectivity index (χ4v) is 6.28. The zero-order valence-electron chi connectivity index (χ0n) is 17.5. The normalized spacial score (nSPS) is 14.8. The van der Waals surface area contributed by atoms with Crippen LogP contribution in [0.25, 0.3) is 0 Å². The Labute approximate surface area is 185 Å². The number of carbonyl (C=O) groups excluding carboxylic acids is 2. The zero-order valence-corrected chi connectivity index (χ0v) is 19.1. The molecule has 31 heavy (non-hydrogen) atoms. The van der Waals surface area contributed by atoms with Crippen LogP contribution in [-0.4, -0.2) is 58.4 Å². The highest BCUT2D eigenvalue weighted by Gasteiger charge is 2.27. The molecule has 1 aromatic heterocycles. The van der Waals surface area contributed by atoms with Crippen molar-refractivity contribution in [3.05, 3.63) is 40.8 Å². The molecule has 0 unspecified atom stereocenters. The number of ether oxygens (including phenoxy) is 3. The first kappa shape index (κ1) is 23.2. The molecule has 0 spiro atoms. The second-order valence-electron chi connectivity index (χ2n) is 7.01. The third kappa shape index (κ3) is 5.63. The van der Waals surface area contributed by atoms with Gasteiger partial charge in [0.2, 0.25) is 5.78 Å². The van der Waals surface area contributed by atoms with Crippen molar-refractivity contribution in [2.24, 2.45) is 0 Å². The van der Waals surface area contributed by atoms with Gasteiger partial charge in [0.15, 0.2) is 6.61 Å². The maximum Gasteiger partial charge on any atom is 0.311 e. The highest BCUT2D eigenvalue weighted by Crippen LogP contribution is 2.28. The lowest BCUT2D eigenvalue weighted by Gasteiger charge is -2.25. The van der Waals surface area contributed by atoms with Crippen LogP contribution < -0.4 is 9.47 Å². The Morgan fingerprint density at radius 3 is 2.45 bits per heavy atom. The third-order valence-corrected chi connectivity index (χ3v) is 8.39. The van der Waals surface area contributed by atoms with Crippen LogP contribution in [0, 0.1) is 0 Å². The van der Waals surface area contributed by atoms with Crippen molar-refractivity contribution >= 4 is 33.1 Å². The predicted octanol–water partition coefficient (Wildman–Crippen LogP) is 2.91. The number of nitrogens with zero attached hydrogens (tertiary/aromatic N) is 1. The maximum absolute atomic E-state index is 12.7. The van der Waals surface area contributed by atoms with E-state index < -0.39 is 28.4 Å². The number of rotatable bonds is 9. The minimum absolute atomic E-state index is 0.104. The summed E-state index contributed by atoms with van der Waals surface area (Å²) in [6.45, 7) is 0.606. The maximum atomic E-state index is 12.7. The second kappa shape index (κ2) is 10.3. The van der Waals surface area contributed by atoms with Crippen LogP contribution in [-0.2, 0) is 26.0 Å². The standard InChI is InChI=1S/C21H25NO7S2/c1-27-15-6-8-17(19(12-15)28-2)18(23)14-29-20(24)13-16-7-9-21(30-16)31(25,26)22-10-4-3-5-11-22/h6-9,12H,3-5,10-11,13-14H2,1-2H3. The molecule has 8 nitrogen and oxygen atoms in total. The van der Waals surface area contributed by atoms with Crippen LogP contribution in [0.3, 0.4) is 0 Å². The third-order valence-electron chi connectivity index (χ3n) is 4.94. The molecule has 0 radical (unpaired) electrons. The molecule has 0 atom stereocenters. The Hall–Kier alpha value is -2.43. The van der Waals surface area contributed by atoms with Crippen LogP contribution in [0.15, 0.2) is 34.5 Å². The van der Waals surface area contributed by atoms with E-state index in [9.17, 15) is 18.0 Å². The van der Waals surface area contributed by atoms with E-state index in [4.69, 9.17) is 14.2 Å². The first-order valence-corrected chi connectivity index (χ1v) is 12.1. The molecule has 10 heteroatoms. The topological polar surface area (TPSA) is 99.2 Å². The molecular formula is C21H25NO7S2. The Morgan fingerprint density at radius 1 is 1.03 bits per heavy atom. The Kier molecular flexibility index (Phi) is 7.69. The highest BCUT2D eigenvalue weighted by atomic mass is 32.2. The highest BCUT2D eigenvalue weighted by molar-refractivity contribution is 7.91. The van der Waals surface area contributed by atoms with E-state index >= 15 is 0 Å². The lowest BCUT2D eigenvalue weighted by molar-refractivity contribution is -0.141. The number of hydrogen-bond donors (Lipinski definition) is 0. The van der Waals surface area contributed by atoms with Gasteiger partial charge in [0.05, 0.1) is 26.2 Å². The van der Waals surface area contributed by atoms with Gasteiger partial charge >= 0.3 is 5.97 Å². The summed E-state index contributed by atoms with van der Waals surface area (Å²) in [4.78, 5) is 25.2. The summed E-state index contributed by atoms with van der Waals surface area (Å²) >= 11 is 1.05. The number of Topliss-reactive ketones (excluding diaryl/α,β-unsaturated/α-hetero) is 1. The van der Waals surface area contributed by atoms with Gasteiger partial charge in [-0.2, -0.15) is 4.31 Å². The number of carbonyl (C=O) groups is 2. The molecule has 168 valence electrons. The average molecular weight is 468 g/mol. The van der Waals surface area contributed by atoms with Gasteiger partial charge in [-0.1, -0.05) is 6.42 Å². The van der Waals surface area contributed by atoms with E-state index in [1.54, 1.807) is 24.3 Å². The van der Waals surface area contributed by atoms with Crippen LogP contribution >= 0.6 is 11.3 Å². The summed E-state index contributed by atoms with van der Waals surface area (Å²) < 4.78 is 42.5. The van der Waals surface area contributed by atoms with E-state index in [2.05, 4.69) is 0 Å². The quantitative estimate of drug-likeness (QED) is 0.413. The van der Waals surface area contributed by atoms with Gasteiger partial charge in [-0.15, -0.1) is 11.3 Å². The van der Waals surface area contributed by atoms with Gasteiger partial charge in [-0.25, -0.2) is 8.42 Å². The lowest BCUT2D eigenvalue weighted by atomic mass is 10.1. The van der Waals surface area contributed by atoms with E-state index in [0.717, 1.165) is 30.6 Å². The molecule has 2 aromatic rings. The van der Waals surface area contributed by atoms with Crippen molar-refractivity contribution < 1.29 is 32.2 Å². The van der Waals surface area contributed by atoms with Crippen LogP contribution in [0.5, 0.6) is 11.5 Å². The van der Waals surface area contributed by atoms with Gasteiger partial charge in [0, 0.05) is 24.0 Å². The number of thiophene rings is 1. The minimum Gasteiger partial charge on any atom is -0.497 e. The van der Waals surface area contributed by atoms with E-state index in [0.29, 0.717) is 29.5 Å². The molecular weight excluding hydrogens is 442 g/mol. The second-order valence-corrected chi connectivity index (χ2v) is 10.3. The Bertz CT molecular complexity index is 1040. The summed E-state index contributed by atoms with van der Waals surface area (Å²) in [6, 6.07) is 7.87. The number of benzene rings is 1. The molecule has 0 saturated carbocycles. The van der Waals surface area contributed by atoms with Gasteiger partial charge in [0.1, 0.15) is 15.7 Å². The smallest absolute Gasteiger partial charge is 0.311 e. The summed E-state index contributed by atoms with van der Waals surface area (Å²) in [6.07, 6.45) is 2.65. The van der Waals surface area contributed by atoms with Gasteiger partial charge in [-0.3, -0.25) is 9.59 Å². The average Bonchev–Trinajstić information content (AvgIpc) is 3.26. The van der Waals surface area contributed by atoms with Gasteiger partial charge in [-0.05, 0) is 37.1 Å². The van der Waals surface area contributed by atoms with Crippen molar-refractivity contribution in [1.29, 1.82) is 0 Å². The number of ketones is 1. The predicted molar refractivity (Wildman–Crippen MR) is 115 cm³/mol. The van der Waals surface area contributed by atoms with E-state index in [1.165, 1.54) is 24.6 Å². The van der Waals surface area contributed by atoms with E-state index in [-0.39, 0.29) is 16.2 Å². The molecule has 0 bridgehead atoms. The molecule has 1 saturated heterocycles. The fourth-order valence-electron chi connectivity index (χ4n) is 3.27. The number of hydrogen-bond acceptors (Lipinski definition) is 8. The lowest BCUT2D eigenvalue weighted by Crippen LogP contribution is -2.35. The Morgan fingerprint density at radius 2 is 1.77 bits per heavy atom. The number of esters is 1. The number of methoxy groups -OCH3 is 2. The molecule has 3 rings (SSSR count). The van der Waals surface area contributed by atoms with Crippen LogP contribution in [0.2, 0.25) is 0 Å². The van der Waals surface area contributed by atoms with Crippen molar-refractivity contribution in [2.45, 2.75) is 29.9 Å². The first-order chi connectivity index (χ1) is 14.8. The molecule has 0 amide bonds. The van der Waals surface area contributed by atoms with Gasteiger partial charge < -0.3 is 14.2 Å². The van der Waals surface area contributed by atoms with Gasteiger partial charge in [0.25, 0.3) is 10.0 Å². The van der Waals surface area contributed by atoms with Crippen LogP contribution in [0.4, 0.5) is 0 Å². The van der Waals surface area contributed by atoms with E-state index in [1.807, 2.05) is 0 Å². The van der Waals surface area contributed by atoms with Crippen molar-refractivity contribution in [1.82, 2.24) is 4.31 Å². The SMILES string of the molecule is COc1ccc(C(=O)COC(=O)Cc2ccc(S(=O)(=O)N3CCCCC3)s2)c(OC)c1.